The summed E-state index contributed by atoms with van der Waals surface area (Å²) in [5, 5.41) is 14.6. The van der Waals surface area contributed by atoms with Crippen molar-refractivity contribution < 1.29 is 41.4 Å². The minimum Gasteiger partial charge on any atom is -0.383 e. The summed E-state index contributed by atoms with van der Waals surface area (Å²) in [5.74, 6) is -4.24. The highest BCUT2D eigenvalue weighted by Crippen LogP contribution is 2.57. The molecule has 2 atom stereocenters. The van der Waals surface area contributed by atoms with Gasteiger partial charge in [-0.15, -0.1) is 0 Å². The van der Waals surface area contributed by atoms with Crippen LogP contribution in [0, 0.1) is 5.41 Å². The molecule has 1 aromatic carbocycles. The molecule has 0 radical (unpaired) electrons. The molecule has 8 nitrogen and oxygen atoms in total. The Hall–Kier alpha value is -3.45. The fourth-order valence-corrected chi connectivity index (χ4v) is 7.15. The molecule has 1 saturated carbocycles. The average molecular weight is 607 g/mol. The highest BCUT2D eigenvalue weighted by Gasteiger charge is 2.59. The van der Waals surface area contributed by atoms with Crippen LogP contribution in [-0.4, -0.2) is 62.7 Å². The van der Waals surface area contributed by atoms with E-state index in [-0.39, 0.29) is 56.5 Å². The topological polar surface area (TPSA) is 103 Å². The summed E-state index contributed by atoms with van der Waals surface area (Å²) in [6.45, 7) is 0.880. The number of amides is 3. The number of nitrogens with one attached hydrogen (secondary N) is 1. The molecule has 3 amide bonds. The summed E-state index contributed by atoms with van der Waals surface area (Å²) in [5.41, 5.74) is -1.81. The van der Waals surface area contributed by atoms with Crippen molar-refractivity contribution in [1.29, 1.82) is 0 Å². The Labute approximate surface area is 244 Å². The Kier molecular flexibility index (Phi) is 7.11. The van der Waals surface area contributed by atoms with E-state index in [0.29, 0.717) is 24.3 Å². The lowest BCUT2D eigenvalue weighted by atomic mass is 9.58. The van der Waals surface area contributed by atoms with Crippen molar-refractivity contribution in [3.63, 3.8) is 0 Å². The van der Waals surface area contributed by atoms with Crippen LogP contribution in [0.4, 0.5) is 22.0 Å². The van der Waals surface area contributed by atoms with Gasteiger partial charge in [0.25, 0.3) is 5.91 Å². The fourth-order valence-electron chi connectivity index (χ4n) is 7.15. The Balaban J connectivity index is 1.26. The number of aliphatic hydroxyl groups is 1. The number of rotatable bonds is 4. The number of pyridine rings is 1. The number of hydrogen-bond donors (Lipinski definition) is 2. The van der Waals surface area contributed by atoms with Gasteiger partial charge in [0.1, 0.15) is 11.6 Å². The second-order valence-corrected chi connectivity index (χ2v) is 12.2. The van der Waals surface area contributed by atoms with E-state index < -0.39 is 65.3 Å². The molecule has 2 saturated heterocycles. The van der Waals surface area contributed by atoms with Gasteiger partial charge in [0.15, 0.2) is 0 Å². The average Bonchev–Trinajstić information content (AvgIpc) is 3.27. The molecule has 0 bridgehead atoms. The first kappa shape index (κ1) is 29.6. The van der Waals surface area contributed by atoms with Crippen LogP contribution in [0.15, 0.2) is 36.4 Å². The number of alkyl halides is 5. The molecular weight excluding hydrogens is 575 g/mol. The van der Waals surface area contributed by atoms with Crippen molar-refractivity contribution in [1.82, 2.24) is 20.1 Å². The molecule has 6 rings (SSSR count). The number of halogens is 5. The normalized spacial score (nSPS) is 27.3. The molecule has 2 unspecified atom stereocenters. The third-order valence-electron chi connectivity index (χ3n) is 9.62. The summed E-state index contributed by atoms with van der Waals surface area (Å²) < 4.78 is 67.8. The number of fused-ring (bicyclic) bond motifs is 1. The minimum atomic E-state index is -4.45. The zero-order valence-electron chi connectivity index (χ0n) is 23.2. The third kappa shape index (κ3) is 5.30. The zero-order chi connectivity index (χ0) is 30.8. The van der Waals surface area contributed by atoms with Crippen LogP contribution in [0.25, 0.3) is 0 Å². The number of nitrogens with zero attached hydrogens (tertiary/aromatic N) is 3. The van der Waals surface area contributed by atoms with Gasteiger partial charge in [-0.2, -0.15) is 13.2 Å². The Morgan fingerprint density at radius 1 is 0.977 bits per heavy atom. The molecule has 1 aliphatic carbocycles. The number of imide groups is 1. The van der Waals surface area contributed by atoms with Gasteiger partial charge in [0, 0.05) is 44.3 Å². The second-order valence-electron chi connectivity index (χ2n) is 12.2. The highest BCUT2D eigenvalue weighted by atomic mass is 19.4. The first-order chi connectivity index (χ1) is 20.2. The molecule has 3 fully saturated rings. The number of carbonyl (C=O) groups excluding carboxylic acids is 3. The number of benzene rings is 1. The van der Waals surface area contributed by atoms with E-state index in [9.17, 15) is 41.4 Å². The molecule has 1 aromatic heterocycles. The highest BCUT2D eigenvalue weighted by molar-refractivity contribution is 6.05. The van der Waals surface area contributed by atoms with Crippen LogP contribution in [0.3, 0.4) is 0 Å². The summed E-state index contributed by atoms with van der Waals surface area (Å²) in [6.07, 6.45) is -4.83. The Morgan fingerprint density at radius 3 is 2.33 bits per heavy atom. The molecule has 230 valence electrons. The van der Waals surface area contributed by atoms with Crippen molar-refractivity contribution in [3.05, 3.63) is 64.5 Å². The van der Waals surface area contributed by atoms with Crippen molar-refractivity contribution in [2.24, 2.45) is 5.41 Å². The van der Waals surface area contributed by atoms with Crippen LogP contribution in [0.5, 0.6) is 0 Å². The number of aromatic nitrogens is 1. The monoisotopic (exact) mass is 606 g/mol. The minimum absolute atomic E-state index is 0.00941. The van der Waals surface area contributed by atoms with Crippen molar-refractivity contribution in [2.45, 2.75) is 81.8 Å². The number of likely N-dealkylation sites (tertiary alicyclic amines) is 1. The first-order valence-electron chi connectivity index (χ1n) is 14.3. The van der Waals surface area contributed by atoms with Gasteiger partial charge >= 0.3 is 6.18 Å². The maximum Gasteiger partial charge on any atom is 0.416 e. The van der Waals surface area contributed by atoms with Gasteiger partial charge in [-0.1, -0.05) is 12.1 Å². The van der Waals surface area contributed by atoms with E-state index in [2.05, 4.69) is 10.3 Å². The zero-order valence-corrected chi connectivity index (χ0v) is 23.2. The van der Waals surface area contributed by atoms with Gasteiger partial charge in [0.05, 0.1) is 29.1 Å². The number of piperidine rings is 2. The van der Waals surface area contributed by atoms with Crippen molar-refractivity contribution in [3.8, 4) is 0 Å². The van der Waals surface area contributed by atoms with Crippen LogP contribution in [0.1, 0.15) is 77.8 Å². The summed E-state index contributed by atoms with van der Waals surface area (Å²) in [4.78, 5) is 45.2. The quantitative estimate of drug-likeness (QED) is 0.401. The predicted molar refractivity (Wildman–Crippen MR) is 141 cm³/mol. The lowest BCUT2D eigenvalue weighted by molar-refractivity contribution is -0.189. The molecular formula is C30H31F5N4O4. The van der Waals surface area contributed by atoms with Gasteiger partial charge < -0.3 is 10.0 Å². The number of carbonyl (C=O) groups is 3. The van der Waals surface area contributed by atoms with Gasteiger partial charge in [-0.3, -0.25) is 29.6 Å². The summed E-state index contributed by atoms with van der Waals surface area (Å²) >= 11 is 0. The Bertz CT molecular complexity index is 1450. The van der Waals surface area contributed by atoms with E-state index in [0.717, 1.165) is 12.1 Å². The van der Waals surface area contributed by atoms with Gasteiger partial charge in [0.2, 0.25) is 17.7 Å². The smallest absolute Gasteiger partial charge is 0.383 e. The van der Waals surface area contributed by atoms with E-state index in [1.54, 1.807) is 12.1 Å². The second kappa shape index (κ2) is 10.3. The molecule has 4 aliphatic rings. The van der Waals surface area contributed by atoms with Crippen LogP contribution >= 0.6 is 0 Å². The van der Waals surface area contributed by atoms with E-state index in [1.165, 1.54) is 17.0 Å². The third-order valence-corrected chi connectivity index (χ3v) is 9.62. The van der Waals surface area contributed by atoms with Gasteiger partial charge in [-0.25, -0.2) is 8.78 Å². The lowest BCUT2D eigenvalue weighted by Gasteiger charge is -2.56. The SMILES string of the molecule is O=C1CCC(N2Cc3nc(C4(O)CCN(Cc5ccc(C(F)(F)F)cc5)CC45CCC(F)(F)CC5)ccc3C2=O)C(=O)N1. The number of hydrogen-bond acceptors (Lipinski definition) is 6. The van der Waals surface area contributed by atoms with Crippen LogP contribution in [0.2, 0.25) is 0 Å². The molecule has 3 aliphatic heterocycles. The van der Waals surface area contributed by atoms with Gasteiger partial charge in [-0.05, 0) is 55.5 Å². The largest absolute Gasteiger partial charge is 0.416 e. The van der Waals surface area contributed by atoms with E-state index >= 15 is 0 Å². The lowest BCUT2D eigenvalue weighted by Crippen LogP contribution is -2.60. The maximum atomic E-state index is 14.4. The molecule has 43 heavy (non-hydrogen) atoms. The Morgan fingerprint density at radius 2 is 1.67 bits per heavy atom. The molecule has 4 heterocycles. The van der Waals surface area contributed by atoms with Crippen LogP contribution in [-0.2, 0) is 34.5 Å². The van der Waals surface area contributed by atoms with Crippen molar-refractivity contribution in [2.75, 3.05) is 13.1 Å². The van der Waals surface area contributed by atoms with E-state index in [4.69, 9.17) is 0 Å². The molecule has 2 aromatic rings. The standard InChI is InChI=1S/C30H31F5N4O4/c31-28(32)11-9-27(10-12-28)17-38(15-18-1-3-19(4-2-18)30(33,34)35)14-13-29(27,43)23-7-5-20-21(36-23)16-39(26(20)42)22-6-8-24(40)37-25(22)41/h1-5,7,22,43H,6,8-17H2,(H,37,40,41). The predicted octanol–water partition coefficient (Wildman–Crippen LogP) is 4.15. The van der Waals surface area contributed by atoms with Crippen LogP contribution < -0.4 is 5.32 Å². The van der Waals surface area contributed by atoms with E-state index in [1.807, 2.05) is 4.90 Å². The summed E-state index contributed by atoms with van der Waals surface area (Å²) in [7, 11) is 0. The van der Waals surface area contributed by atoms with Crippen molar-refractivity contribution >= 4 is 17.7 Å². The summed E-state index contributed by atoms with van der Waals surface area (Å²) in [6, 6.07) is 7.10. The maximum absolute atomic E-state index is 14.4. The molecule has 2 N–H and O–H groups in total. The first-order valence-corrected chi connectivity index (χ1v) is 14.3. The molecule has 13 heteroatoms. The molecule has 1 spiro atoms. The fraction of sp³-hybridized carbons (Fsp3) is 0.533.